The summed E-state index contributed by atoms with van der Waals surface area (Å²) >= 11 is 0. The fourth-order valence-electron chi connectivity index (χ4n) is 2.76. The molecule has 0 bridgehead atoms. The van der Waals surface area contributed by atoms with E-state index in [4.69, 9.17) is 5.73 Å². The number of rotatable bonds is 4. The second kappa shape index (κ2) is 6.71. The van der Waals surface area contributed by atoms with Crippen LogP contribution in [0.3, 0.4) is 0 Å². The maximum Gasteiger partial charge on any atom is 0.224 e. The third kappa shape index (κ3) is 5.49. The molecule has 1 fully saturated rings. The molecular weight excluding hydrogens is 238 g/mol. The van der Waals surface area contributed by atoms with Gasteiger partial charge in [0, 0.05) is 25.2 Å². The standard InChI is InChI=1S/C15H31N3O/c1-11-8-13(6-7-18(11)5)17-14(19)12(10-16)9-15(2,3)4/h11-13H,6-10,16H2,1-5H3,(H,17,19). The van der Waals surface area contributed by atoms with E-state index in [1.54, 1.807) is 0 Å². The van der Waals surface area contributed by atoms with Gasteiger partial charge in [-0.05, 0) is 38.6 Å². The van der Waals surface area contributed by atoms with Gasteiger partial charge in [-0.25, -0.2) is 0 Å². The molecule has 1 rings (SSSR count). The monoisotopic (exact) mass is 269 g/mol. The van der Waals surface area contributed by atoms with E-state index in [0.717, 1.165) is 25.8 Å². The van der Waals surface area contributed by atoms with Crippen LogP contribution >= 0.6 is 0 Å². The quantitative estimate of drug-likeness (QED) is 0.815. The normalized spacial score (nSPS) is 27.1. The van der Waals surface area contributed by atoms with E-state index in [0.29, 0.717) is 18.6 Å². The molecule has 1 aliphatic heterocycles. The van der Waals surface area contributed by atoms with E-state index in [-0.39, 0.29) is 17.2 Å². The number of nitrogens with two attached hydrogens (primary N) is 1. The molecule has 0 aromatic carbocycles. The highest BCUT2D eigenvalue weighted by molar-refractivity contribution is 5.79. The smallest absolute Gasteiger partial charge is 0.224 e. The van der Waals surface area contributed by atoms with Crippen molar-refractivity contribution in [1.29, 1.82) is 0 Å². The lowest BCUT2D eigenvalue weighted by Crippen LogP contribution is -2.49. The Kier molecular flexibility index (Phi) is 5.81. The molecule has 0 saturated carbocycles. The van der Waals surface area contributed by atoms with E-state index < -0.39 is 0 Å². The van der Waals surface area contributed by atoms with Crippen LogP contribution in [0.25, 0.3) is 0 Å². The van der Waals surface area contributed by atoms with Gasteiger partial charge in [0.25, 0.3) is 0 Å². The van der Waals surface area contributed by atoms with Gasteiger partial charge < -0.3 is 16.0 Å². The second-order valence-electron chi connectivity index (χ2n) is 7.26. The first-order valence-electron chi connectivity index (χ1n) is 7.43. The average Bonchev–Trinajstić information content (AvgIpc) is 2.29. The van der Waals surface area contributed by atoms with Crippen LogP contribution in [0.4, 0.5) is 0 Å². The van der Waals surface area contributed by atoms with Gasteiger partial charge in [-0.2, -0.15) is 0 Å². The minimum Gasteiger partial charge on any atom is -0.353 e. The third-order valence-electron chi connectivity index (χ3n) is 4.07. The molecule has 1 saturated heterocycles. The number of hydrogen-bond acceptors (Lipinski definition) is 3. The maximum atomic E-state index is 12.3. The third-order valence-corrected chi connectivity index (χ3v) is 4.07. The summed E-state index contributed by atoms with van der Waals surface area (Å²) < 4.78 is 0. The number of carbonyl (C=O) groups is 1. The minimum absolute atomic E-state index is 0.0602. The lowest BCUT2D eigenvalue weighted by molar-refractivity contribution is -0.126. The Hall–Kier alpha value is -0.610. The summed E-state index contributed by atoms with van der Waals surface area (Å²) in [5.41, 5.74) is 5.91. The summed E-state index contributed by atoms with van der Waals surface area (Å²) in [5, 5.41) is 3.20. The number of nitrogens with one attached hydrogen (secondary N) is 1. The molecule has 4 heteroatoms. The summed E-state index contributed by atoms with van der Waals surface area (Å²) in [6.45, 7) is 10.2. The maximum absolute atomic E-state index is 12.3. The van der Waals surface area contributed by atoms with E-state index in [2.05, 4.69) is 45.0 Å². The highest BCUT2D eigenvalue weighted by atomic mass is 16.2. The molecule has 1 amide bonds. The number of nitrogens with zero attached hydrogens (tertiary/aromatic N) is 1. The van der Waals surface area contributed by atoms with Crippen molar-refractivity contribution in [3.05, 3.63) is 0 Å². The SMILES string of the molecule is CC1CC(NC(=O)C(CN)CC(C)(C)C)CCN1C. The summed E-state index contributed by atoms with van der Waals surface area (Å²) in [6, 6.07) is 0.853. The highest BCUT2D eigenvalue weighted by Gasteiger charge is 2.28. The largest absolute Gasteiger partial charge is 0.353 e. The van der Waals surface area contributed by atoms with Crippen LogP contribution in [0.5, 0.6) is 0 Å². The summed E-state index contributed by atoms with van der Waals surface area (Å²) in [6.07, 6.45) is 2.92. The van der Waals surface area contributed by atoms with Crippen LogP contribution in [0.1, 0.15) is 47.0 Å². The Balaban J connectivity index is 2.49. The van der Waals surface area contributed by atoms with Gasteiger partial charge in [-0.1, -0.05) is 20.8 Å². The van der Waals surface area contributed by atoms with Crippen LogP contribution in [-0.4, -0.2) is 43.0 Å². The zero-order valence-corrected chi connectivity index (χ0v) is 13.2. The van der Waals surface area contributed by atoms with Crippen molar-refractivity contribution in [2.75, 3.05) is 20.1 Å². The van der Waals surface area contributed by atoms with Crippen LogP contribution in [0.15, 0.2) is 0 Å². The van der Waals surface area contributed by atoms with E-state index in [9.17, 15) is 4.79 Å². The molecule has 0 aromatic heterocycles. The summed E-state index contributed by atoms with van der Waals surface area (Å²) in [5.74, 6) is 0.0779. The van der Waals surface area contributed by atoms with E-state index >= 15 is 0 Å². The molecule has 3 unspecified atom stereocenters. The predicted molar refractivity (Wildman–Crippen MR) is 79.9 cm³/mol. The molecule has 0 spiro atoms. The van der Waals surface area contributed by atoms with Gasteiger partial charge >= 0.3 is 0 Å². The first-order valence-corrected chi connectivity index (χ1v) is 7.43. The Morgan fingerprint density at radius 3 is 2.58 bits per heavy atom. The Labute approximate surface area is 118 Å². The van der Waals surface area contributed by atoms with Crippen LogP contribution in [0, 0.1) is 11.3 Å². The van der Waals surface area contributed by atoms with E-state index in [1.165, 1.54) is 0 Å². The van der Waals surface area contributed by atoms with Gasteiger partial charge in [-0.15, -0.1) is 0 Å². The van der Waals surface area contributed by atoms with Crippen LogP contribution < -0.4 is 11.1 Å². The van der Waals surface area contributed by atoms with Gasteiger partial charge in [0.1, 0.15) is 0 Å². The topological polar surface area (TPSA) is 58.4 Å². The van der Waals surface area contributed by atoms with Crippen molar-refractivity contribution in [3.63, 3.8) is 0 Å². The molecule has 1 heterocycles. The minimum atomic E-state index is -0.0602. The number of piperidine rings is 1. The zero-order valence-electron chi connectivity index (χ0n) is 13.2. The first kappa shape index (κ1) is 16.4. The lowest BCUT2D eigenvalue weighted by Gasteiger charge is -2.36. The Morgan fingerprint density at radius 2 is 2.11 bits per heavy atom. The molecule has 1 aliphatic rings. The number of likely N-dealkylation sites (tertiary alicyclic amines) is 1. The summed E-state index contributed by atoms with van der Waals surface area (Å²) in [4.78, 5) is 14.6. The van der Waals surface area contributed by atoms with Gasteiger partial charge in [0.2, 0.25) is 5.91 Å². The van der Waals surface area contributed by atoms with Crippen molar-refractivity contribution < 1.29 is 4.79 Å². The van der Waals surface area contributed by atoms with Crippen molar-refractivity contribution >= 4 is 5.91 Å². The zero-order chi connectivity index (χ0) is 14.6. The molecule has 112 valence electrons. The molecule has 0 aromatic rings. The van der Waals surface area contributed by atoms with Crippen LogP contribution in [-0.2, 0) is 4.79 Å². The molecular formula is C15H31N3O. The van der Waals surface area contributed by atoms with Crippen molar-refractivity contribution in [2.45, 2.75) is 59.0 Å². The number of hydrogen-bond donors (Lipinski definition) is 2. The fraction of sp³-hybridized carbons (Fsp3) is 0.933. The van der Waals surface area contributed by atoms with Gasteiger partial charge in [-0.3, -0.25) is 4.79 Å². The molecule has 0 radical (unpaired) electrons. The average molecular weight is 269 g/mol. The second-order valence-corrected chi connectivity index (χ2v) is 7.26. The van der Waals surface area contributed by atoms with Crippen LogP contribution in [0.2, 0.25) is 0 Å². The summed E-state index contributed by atoms with van der Waals surface area (Å²) in [7, 11) is 2.14. The molecule has 4 nitrogen and oxygen atoms in total. The molecule has 19 heavy (non-hydrogen) atoms. The first-order chi connectivity index (χ1) is 8.73. The number of carbonyl (C=O) groups excluding carboxylic acids is 1. The molecule has 3 atom stereocenters. The van der Waals surface area contributed by atoms with Crippen molar-refractivity contribution in [3.8, 4) is 0 Å². The van der Waals surface area contributed by atoms with Gasteiger partial charge in [0.05, 0.1) is 5.92 Å². The van der Waals surface area contributed by atoms with Crippen molar-refractivity contribution in [2.24, 2.45) is 17.1 Å². The predicted octanol–water partition coefficient (Wildman–Crippen LogP) is 1.60. The molecule has 0 aliphatic carbocycles. The highest BCUT2D eigenvalue weighted by Crippen LogP contribution is 2.24. The van der Waals surface area contributed by atoms with E-state index in [1.807, 2.05) is 0 Å². The Bertz CT molecular complexity index is 298. The Morgan fingerprint density at radius 1 is 1.47 bits per heavy atom. The molecule has 3 N–H and O–H groups in total. The fourth-order valence-corrected chi connectivity index (χ4v) is 2.76. The number of amides is 1. The van der Waals surface area contributed by atoms with Gasteiger partial charge in [0.15, 0.2) is 0 Å². The lowest BCUT2D eigenvalue weighted by atomic mass is 9.84. The van der Waals surface area contributed by atoms with Crippen molar-refractivity contribution in [1.82, 2.24) is 10.2 Å².